The normalized spacial score (nSPS) is 20.0. The monoisotopic (exact) mass is 452 g/mol. The van der Waals surface area contributed by atoms with Crippen molar-refractivity contribution in [2.45, 2.75) is 44.9 Å². The Morgan fingerprint density at radius 2 is 2.03 bits per heavy atom. The second-order valence-corrected chi connectivity index (χ2v) is 10.4. The van der Waals surface area contributed by atoms with Crippen LogP contribution in [-0.2, 0) is 19.3 Å². The van der Waals surface area contributed by atoms with Crippen LogP contribution in [0.15, 0.2) is 30.7 Å². The van der Waals surface area contributed by atoms with Gasteiger partial charge in [0, 0.05) is 31.3 Å². The van der Waals surface area contributed by atoms with Gasteiger partial charge in [-0.05, 0) is 85.2 Å². The van der Waals surface area contributed by atoms with Crippen LogP contribution in [0.5, 0.6) is 0 Å². The molecule has 0 N–H and O–H groups in total. The van der Waals surface area contributed by atoms with E-state index in [0.717, 1.165) is 56.4 Å². The first kappa shape index (κ1) is 20.3. The third kappa shape index (κ3) is 3.44. The van der Waals surface area contributed by atoms with E-state index < -0.39 is 0 Å². The molecule has 0 unspecified atom stereocenters. The summed E-state index contributed by atoms with van der Waals surface area (Å²) in [5.74, 6) is 0.726. The van der Waals surface area contributed by atoms with Crippen molar-refractivity contribution in [1.82, 2.24) is 19.5 Å². The fourth-order valence-electron chi connectivity index (χ4n) is 6.31. The Balaban J connectivity index is 0.980. The van der Waals surface area contributed by atoms with Crippen molar-refractivity contribution in [2.24, 2.45) is 11.3 Å². The molecule has 2 fully saturated rings. The molecule has 2 aromatic heterocycles. The van der Waals surface area contributed by atoms with Crippen LogP contribution in [0.2, 0.25) is 5.02 Å². The number of hydrogen-bond acceptors (Lipinski definition) is 4. The number of carbonyl (C=O) groups is 1. The van der Waals surface area contributed by atoms with E-state index in [-0.39, 0.29) is 11.6 Å². The zero-order valence-corrected chi connectivity index (χ0v) is 18.7. The lowest BCUT2D eigenvalue weighted by Gasteiger charge is -2.59. The van der Waals surface area contributed by atoms with Gasteiger partial charge in [-0.15, -0.1) is 10.2 Å². The van der Waals surface area contributed by atoms with Crippen LogP contribution in [0.1, 0.15) is 52.7 Å². The summed E-state index contributed by atoms with van der Waals surface area (Å²) in [6.45, 7) is 3.33. The molecule has 0 atom stereocenters. The smallest absolute Gasteiger partial charge is 0.164 e. The van der Waals surface area contributed by atoms with E-state index in [2.05, 4.69) is 21.2 Å². The first-order chi connectivity index (χ1) is 15.5. The summed E-state index contributed by atoms with van der Waals surface area (Å²) in [7, 11) is 0. The Hall–Kier alpha value is -2.31. The maximum absolute atomic E-state index is 14.2. The van der Waals surface area contributed by atoms with Crippen LogP contribution in [0.4, 0.5) is 4.39 Å². The quantitative estimate of drug-likeness (QED) is 0.551. The molecule has 5 nitrogen and oxygen atoms in total. The highest BCUT2D eigenvalue weighted by Gasteiger charge is 2.51. The Labute approximate surface area is 191 Å². The molecule has 0 radical (unpaired) electrons. The van der Waals surface area contributed by atoms with Crippen molar-refractivity contribution < 1.29 is 9.18 Å². The van der Waals surface area contributed by atoms with Gasteiger partial charge in [-0.2, -0.15) is 0 Å². The van der Waals surface area contributed by atoms with Gasteiger partial charge in [-0.1, -0.05) is 17.7 Å². The molecule has 0 bridgehead atoms. The number of rotatable bonds is 6. The second-order valence-electron chi connectivity index (χ2n) is 10.0. The molecular weight excluding hydrogens is 427 g/mol. The Bertz CT molecular complexity index is 1210. The summed E-state index contributed by atoms with van der Waals surface area (Å²) < 4.78 is 15.8. The maximum Gasteiger partial charge on any atom is 0.164 e. The van der Waals surface area contributed by atoms with E-state index in [1.54, 1.807) is 10.5 Å². The fraction of sp³-hybridized carbons (Fsp3) is 0.480. The minimum Gasteiger partial charge on any atom is -0.302 e. The van der Waals surface area contributed by atoms with Gasteiger partial charge < -0.3 is 4.90 Å². The highest BCUT2D eigenvalue weighted by atomic mass is 35.5. The topological polar surface area (TPSA) is 50.5 Å². The van der Waals surface area contributed by atoms with Gasteiger partial charge in [0.1, 0.15) is 12.1 Å². The number of aryl methyl sites for hydroxylation is 1. The van der Waals surface area contributed by atoms with E-state index in [9.17, 15) is 9.18 Å². The molecule has 0 amide bonds. The van der Waals surface area contributed by atoms with E-state index in [0.29, 0.717) is 28.4 Å². The zero-order chi connectivity index (χ0) is 21.9. The molecule has 166 valence electrons. The van der Waals surface area contributed by atoms with E-state index in [1.165, 1.54) is 36.5 Å². The molecule has 1 saturated carbocycles. The van der Waals surface area contributed by atoms with Crippen LogP contribution in [0, 0.1) is 17.2 Å². The summed E-state index contributed by atoms with van der Waals surface area (Å²) in [6.07, 6.45) is 9.72. The predicted molar refractivity (Wildman–Crippen MR) is 121 cm³/mol. The largest absolute Gasteiger partial charge is 0.302 e. The lowest BCUT2D eigenvalue weighted by molar-refractivity contribution is -0.0937. The number of Topliss-reactive ketones (excluding diaryl/α,β-unsaturated/α-hetero) is 1. The van der Waals surface area contributed by atoms with E-state index in [4.69, 9.17) is 11.6 Å². The lowest BCUT2D eigenvalue weighted by Crippen LogP contribution is -2.62. The molecular formula is C25H26ClFN4O. The van der Waals surface area contributed by atoms with Crippen molar-refractivity contribution in [2.75, 3.05) is 19.6 Å². The Morgan fingerprint density at radius 3 is 2.88 bits per heavy atom. The van der Waals surface area contributed by atoms with Crippen molar-refractivity contribution >= 4 is 23.0 Å². The summed E-state index contributed by atoms with van der Waals surface area (Å²) in [5.41, 5.74) is 5.22. The molecule has 2 aliphatic carbocycles. The van der Waals surface area contributed by atoms with Crippen molar-refractivity contribution in [3.05, 3.63) is 63.8 Å². The third-order valence-electron chi connectivity index (χ3n) is 7.69. The predicted octanol–water partition coefficient (Wildman–Crippen LogP) is 4.54. The number of benzene rings is 1. The number of hydrogen-bond donors (Lipinski definition) is 0. The number of aromatic nitrogens is 3. The molecule has 3 aliphatic rings. The number of halogens is 2. The summed E-state index contributed by atoms with van der Waals surface area (Å²) in [5, 5.41) is 8.44. The molecule has 1 aliphatic heterocycles. The van der Waals surface area contributed by atoms with Crippen LogP contribution in [-0.4, -0.2) is 44.9 Å². The van der Waals surface area contributed by atoms with Gasteiger partial charge in [0.15, 0.2) is 11.4 Å². The van der Waals surface area contributed by atoms with Crippen LogP contribution in [0.25, 0.3) is 5.65 Å². The fourth-order valence-corrected chi connectivity index (χ4v) is 6.59. The number of carbonyl (C=O) groups excluding carboxylic acids is 1. The summed E-state index contributed by atoms with van der Waals surface area (Å²) >= 11 is 6.27. The molecule has 3 heterocycles. The van der Waals surface area contributed by atoms with Crippen molar-refractivity contribution in [3.8, 4) is 0 Å². The molecule has 3 aromatic rings. The number of likely N-dealkylation sites (tertiary alicyclic amines) is 1. The summed E-state index contributed by atoms with van der Waals surface area (Å²) in [4.78, 5) is 14.6. The number of pyridine rings is 1. The number of nitrogens with zero attached hydrogens (tertiary/aromatic N) is 4. The van der Waals surface area contributed by atoms with Crippen LogP contribution < -0.4 is 0 Å². The minimum absolute atomic E-state index is 0.186. The highest BCUT2D eigenvalue weighted by Crippen LogP contribution is 2.53. The van der Waals surface area contributed by atoms with E-state index in [1.807, 2.05) is 6.07 Å². The standard InChI is InChI=1S/C25H26ClFN4O/c26-20-5-3-17(19-4-6-22(32)24(19)20)8-16-10-25(11-16)13-30(14-25)7-1-2-18-9-23-29-28-15-31(23)12-21(18)27/h3,5,9,12,15-16H,1-2,4,6-8,10-11,13-14H2. The summed E-state index contributed by atoms with van der Waals surface area (Å²) in [6, 6.07) is 5.84. The van der Waals surface area contributed by atoms with Gasteiger partial charge in [0.2, 0.25) is 0 Å². The lowest BCUT2D eigenvalue weighted by atomic mass is 9.56. The molecule has 1 spiro atoms. The first-order valence-corrected chi connectivity index (χ1v) is 11.9. The molecule has 32 heavy (non-hydrogen) atoms. The maximum atomic E-state index is 14.2. The molecule has 1 saturated heterocycles. The Morgan fingerprint density at radius 1 is 1.19 bits per heavy atom. The SMILES string of the molecule is O=C1CCc2c(CC3CC4(C3)CN(CCCc3cc5nncn5cc3F)C4)ccc(Cl)c21. The number of fused-ring (bicyclic) bond motifs is 2. The molecule has 6 rings (SSSR count). The average molecular weight is 453 g/mol. The first-order valence-electron chi connectivity index (χ1n) is 11.5. The van der Waals surface area contributed by atoms with Gasteiger partial charge in [0.25, 0.3) is 0 Å². The number of ketones is 1. The highest BCUT2D eigenvalue weighted by molar-refractivity contribution is 6.34. The van der Waals surface area contributed by atoms with Crippen LogP contribution in [0.3, 0.4) is 0 Å². The van der Waals surface area contributed by atoms with Gasteiger partial charge >= 0.3 is 0 Å². The van der Waals surface area contributed by atoms with Crippen molar-refractivity contribution in [3.63, 3.8) is 0 Å². The van der Waals surface area contributed by atoms with Crippen LogP contribution >= 0.6 is 11.6 Å². The molecule has 7 heteroatoms. The average Bonchev–Trinajstić information content (AvgIpc) is 3.32. The zero-order valence-electron chi connectivity index (χ0n) is 18.0. The minimum atomic E-state index is -0.186. The van der Waals surface area contributed by atoms with Gasteiger partial charge in [-0.25, -0.2) is 4.39 Å². The molecule has 1 aromatic carbocycles. The second kappa shape index (κ2) is 7.63. The van der Waals surface area contributed by atoms with Crippen molar-refractivity contribution in [1.29, 1.82) is 0 Å². The van der Waals surface area contributed by atoms with Gasteiger partial charge in [-0.3, -0.25) is 9.20 Å². The Kier molecular flexibility index (Phi) is 4.84. The van der Waals surface area contributed by atoms with E-state index >= 15 is 0 Å². The third-order valence-corrected chi connectivity index (χ3v) is 8.01. The van der Waals surface area contributed by atoms with Gasteiger partial charge in [0.05, 0.1) is 5.02 Å².